The number of benzene rings is 2. The summed E-state index contributed by atoms with van der Waals surface area (Å²) in [7, 11) is -2.38. The highest BCUT2D eigenvalue weighted by molar-refractivity contribution is 7.93. The molecule has 8 heteroatoms. The van der Waals surface area contributed by atoms with Crippen molar-refractivity contribution < 1.29 is 17.6 Å². The molecule has 0 bridgehead atoms. The topological polar surface area (TPSA) is 98.5 Å². The molecule has 0 aliphatic rings. The van der Waals surface area contributed by atoms with E-state index >= 15 is 0 Å². The predicted octanol–water partition coefficient (Wildman–Crippen LogP) is 3.15. The van der Waals surface area contributed by atoms with E-state index in [-0.39, 0.29) is 4.90 Å². The number of hydrogen-bond acceptors (Lipinski definition) is 6. The normalized spacial score (nSPS) is 11.6. The number of nitrogens with zero attached hydrogens (tertiary/aromatic N) is 1. The standard InChI is InChI=1S/C19H14N2O5S/c1-25-16-7-8-17(14-3-2-10-20-19(14)16)27(23,24)21-13-5-6-15-12(11-13)4-9-18(22)26-15/h2-11,21H,1H3. The number of hydrogen-bond donors (Lipinski definition) is 1. The molecule has 0 amide bonds. The molecule has 0 fully saturated rings. The lowest BCUT2D eigenvalue weighted by atomic mass is 10.2. The van der Waals surface area contributed by atoms with Gasteiger partial charge in [-0.3, -0.25) is 9.71 Å². The minimum Gasteiger partial charge on any atom is -0.494 e. The minimum absolute atomic E-state index is 0.0890. The Kier molecular flexibility index (Phi) is 4.04. The van der Waals surface area contributed by atoms with E-state index in [1.807, 2.05) is 0 Å². The second kappa shape index (κ2) is 6.40. The Labute approximate surface area is 154 Å². The zero-order valence-corrected chi connectivity index (χ0v) is 15.0. The van der Waals surface area contributed by atoms with Gasteiger partial charge in [0.15, 0.2) is 0 Å². The molecule has 2 aromatic carbocycles. The van der Waals surface area contributed by atoms with Gasteiger partial charge >= 0.3 is 5.63 Å². The molecule has 0 radical (unpaired) electrons. The Bertz CT molecular complexity index is 1330. The van der Waals surface area contributed by atoms with E-state index < -0.39 is 15.6 Å². The number of ether oxygens (including phenoxy) is 1. The molecule has 136 valence electrons. The number of anilines is 1. The van der Waals surface area contributed by atoms with E-state index in [1.165, 1.54) is 25.3 Å². The van der Waals surface area contributed by atoms with Crippen molar-refractivity contribution in [2.24, 2.45) is 0 Å². The molecule has 0 saturated carbocycles. The summed E-state index contributed by atoms with van der Waals surface area (Å²) in [4.78, 5) is 15.6. The number of nitrogens with one attached hydrogen (secondary N) is 1. The highest BCUT2D eigenvalue weighted by Gasteiger charge is 2.20. The zero-order chi connectivity index (χ0) is 19.0. The lowest BCUT2D eigenvalue weighted by molar-refractivity contribution is 0.418. The van der Waals surface area contributed by atoms with Crippen LogP contribution in [0.5, 0.6) is 5.75 Å². The molecule has 4 rings (SSSR count). The van der Waals surface area contributed by atoms with Gasteiger partial charge in [0, 0.05) is 28.7 Å². The van der Waals surface area contributed by atoms with Crippen LogP contribution in [0.4, 0.5) is 5.69 Å². The van der Waals surface area contributed by atoms with Crippen molar-refractivity contribution in [2.75, 3.05) is 11.8 Å². The molecule has 0 saturated heterocycles. The molecule has 2 heterocycles. The average Bonchev–Trinajstić information content (AvgIpc) is 2.67. The smallest absolute Gasteiger partial charge is 0.336 e. The molecular weight excluding hydrogens is 368 g/mol. The number of sulfonamides is 1. The summed E-state index contributed by atoms with van der Waals surface area (Å²) in [5.74, 6) is 0.491. The molecule has 1 N–H and O–H groups in total. The van der Waals surface area contributed by atoms with Crippen molar-refractivity contribution in [1.82, 2.24) is 4.98 Å². The molecule has 0 spiro atoms. The lowest BCUT2D eigenvalue weighted by Crippen LogP contribution is -2.13. The Morgan fingerprint density at radius 2 is 1.93 bits per heavy atom. The van der Waals surface area contributed by atoms with Crippen LogP contribution in [-0.2, 0) is 10.0 Å². The van der Waals surface area contributed by atoms with Crippen LogP contribution >= 0.6 is 0 Å². The maximum atomic E-state index is 13.0. The maximum absolute atomic E-state index is 13.0. The van der Waals surface area contributed by atoms with Gasteiger partial charge in [0.05, 0.1) is 12.0 Å². The van der Waals surface area contributed by atoms with Crippen molar-refractivity contribution in [1.29, 1.82) is 0 Å². The monoisotopic (exact) mass is 382 g/mol. The Morgan fingerprint density at radius 3 is 2.74 bits per heavy atom. The summed E-state index contributed by atoms with van der Waals surface area (Å²) in [6.45, 7) is 0. The molecule has 0 atom stereocenters. The summed E-state index contributed by atoms with van der Waals surface area (Å²) in [5, 5.41) is 1.06. The van der Waals surface area contributed by atoms with Crippen molar-refractivity contribution in [2.45, 2.75) is 4.90 Å². The highest BCUT2D eigenvalue weighted by Crippen LogP contribution is 2.30. The summed E-state index contributed by atoms with van der Waals surface area (Å²) >= 11 is 0. The van der Waals surface area contributed by atoms with Crippen LogP contribution in [0.3, 0.4) is 0 Å². The van der Waals surface area contributed by atoms with Gasteiger partial charge in [-0.15, -0.1) is 0 Å². The van der Waals surface area contributed by atoms with Crippen LogP contribution in [0.25, 0.3) is 21.9 Å². The Balaban J connectivity index is 1.79. The van der Waals surface area contributed by atoms with E-state index in [4.69, 9.17) is 9.15 Å². The van der Waals surface area contributed by atoms with Crippen LogP contribution in [0.1, 0.15) is 0 Å². The molecule has 27 heavy (non-hydrogen) atoms. The molecule has 0 aliphatic carbocycles. The third-order valence-electron chi connectivity index (χ3n) is 4.07. The van der Waals surface area contributed by atoms with Gasteiger partial charge in [0.25, 0.3) is 10.0 Å². The summed E-state index contributed by atoms with van der Waals surface area (Å²) in [6, 6.07) is 13.9. The first-order valence-corrected chi connectivity index (χ1v) is 9.45. The number of fused-ring (bicyclic) bond motifs is 2. The molecule has 4 aromatic rings. The maximum Gasteiger partial charge on any atom is 0.336 e. The van der Waals surface area contributed by atoms with Gasteiger partial charge in [-0.25, -0.2) is 13.2 Å². The van der Waals surface area contributed by atoms with E-state index in [1.54, 1.807) is 42.6 Å². The van der Waals surface area contributed by atoms with Gasteiger partial charge < -0.3 is 9.15 Å². The van der Waals surface area contributed by atoms with Crippen molar-refractivity contribution >= 4 is 37.6 Å². The molecular formula is C19H14N2O5S. The zero-order valence-electron chi connectivity index (χ0n) is 14.2. The van der Waals surface area contributed by atoms with E-state index in [0.29, 0.717) is 33.3 Å². The van der Waals surface area contributed by atoms with E-state index in [0.717, 1.165) is 0 Å². The number of methoxy groups -OCH3 is 1. The van der Waals surface area contributed by atoms with Crippen LogP contribution in [0.15, 0.2) is 74.9 Å². The van der Waals surface area contributed by atoms with Gasteiger partial charge in [0.2, 0.25) is 0 Å². The number of pyridine rings is 1. The first kappa shape index (κ1) is 17.0. The quantitative estimate of drug-likeness (QED) is 0.545. The number of aromatic nitrogens is 1. The summed E-state index contributed by atoms with van der Waals surface area (Å²) in [5.41, 5.74) is 0.727. The second-order valence-electron chi connectivity index (χ2n) is 5.78. The van der Waals surface area contributed by atoms with Crippen molar-refractivity contribution in [3.8, 4) is 5.75 Å². The highest BCUT2D eigenvalue weighted by atomic mass is 32.2. The fourth-order valence-corrected chi connectivity index (χ4v) is 4.11. The third kappa shape index (κ3) is 3.11. The summed E-state index contributed by atoms with van der Waals surface area (Å²) in [6.07, 6.45) is 1.58. The van der Waals surface area contributed by atoms with Crippen LogP contribution in [-0.4, -0.2) is 20.5 Å². The second-order valence-corrected chi connectivity index (χ2v) is 7.43. The Hall–Kier alpha value is -3.39. The van der Waals surface area contributed by atoms with E-state index in [2.05, 4.69) is 9.71 Å². The number of rotatable bonds is 4. The fourth-order valence-electron chi connectivity index (χ4n) is 2.87. The van der Waals surface area contributed by atoms with Crippen molar-refractivity contribution in [3.63, 3.8) is 0 Å². The minimum atomic E-state index is -3.88. The van der Waals surface area contributed by atoms with Crippen LogP contribution in [0, 0.1) is 0 Å². The predicted molar refractivity (Wildman–Crippen MR) is 102 cm³/mol. The Morgan fingerprint density at radius 1 is 1.07 bits per heavy atom. The van der Waals surface area contributed by atoms with Gasteiger partial charge in [-0.2, -0.15) is 0 Å². The molecule has 2 aromatic heterocycles. The first-order valence-electron chi connectivity index (χ1n) is 7.96. The van der Waals surface area contributed by atoms with Crippen molar-refractivity contribution in [3.05, 3.63) is 71.2 Å². The van der Waals surface area contributed by atoms with Gasteiger partial charge in [-0.05, 0) is 48.5 Å². The van der Waals surface area contributed by atoms with Crippen LogP contribution < -0.4 is 15.1 Å². The summed E-state index contributed by atoms with van der Waals surface area (Å²) < 4.78 is 38.8. The van der Waals surface area contributed by atoms with Gasteiger partial charge in [-0.1, -0.05) is 0 Å². The molecule has 7 nitrogen and oxygen atoms in total. The third-order valence-corrected chi connectivity index (χ3v) is 5.51. The van der Waals surface area contributed by atoms with Crippen LogP contribution in [0.2, 0.25) is 0 Å². The SMILES string of the molecule is COc1ccc(S(=O)(=O)Nc2ccc3oc(=O)ccc3c2)c2cccnc12. The van der Waals surface area contributed by atoms with Gasteiger partial charge in [0.1, 0.15) is 16.8 Å². The molecule has 0 aliphatic heterocycles. The lowest BCUT2D eigenvalue weighted by Gasteiger charge is -2.12. The fraction of sp³-hybridized carbons (Fsp3) is 0.0526. The molecule has 0 unspecified atom stereocenters. The first-order chi connectivity index (χ1) is 13.0. The average molecular weight is 382 g/mol. The largest absolute Gasteiger partial charge is 0.494 e. The van der Waals surface area contributed by atoms with E-state index in [9.17, 15) is 13.2 Å².